The van der Waals surface area contributed by atoms with E-state index in [9.17, 15) is 5.11 Å². The summed E-state index contributed by atoms with van der Waals surface area (Å²) in [6.07, 6.45) is 5.54. The van der Waals surface area contributed by atoms with Gasteiger partial charge in [0.2, 0.25) is 5.95 Å². The quantitative estimate of drug-likeness (QED) is 0.770. The van der Waals surface area contributed by atoms with Gasteiger partial charge >= 0.3 is 0 Å². The Labute approximate surface area is 140 Å². The number of aromatic amines is 1. The number of nitrogens with zero attached hydrogens (tertiary/aromatic N) is 3. The molecule has 0 aliphatic carbocycles. The van der Waals surface area contributed by atoms with E-state index in [1.165, 1.54) is 5.56 Å². The number of benzene rings is 1. The van der Waals surface area contributed by atoms with E-state index < -0.39 is 0 Å². The lowest BCUT2D eigenvalue weighted by molar-refractivity contribution is 0.122. The summed E-state index contributed by atoms with van der Waals surface area (Å²) < 4.78 is 5.38. The molecule has 2 aromatic heterocycles. The highest BCUT2D eigenvalue weighted by Gasteiger charge is 2.14. The number of anilines is 1. The number of rotatable bonds is 4. The molecule has 3 heterocycles. The molecule has 1 saturated heterocycles. The van der Waals surface area contributed by atoms with Crippen LogP contribution in [-0.4, -0.2) is 46.4 Å². The molecule has 0 atom stereocenters. The van der Waals surface area contributed by atoms with E-state index >= 15 is 0 Å². The van der Waals surface area contributed by atoms with Gasteiger partial charge in [0, 0.05) is 42.1 Å². The first-order valence-electron chi connectivity index (χ1n) is 8.23. The lowest BCUT2D eigenvalue weighted by Gasteiger charge is -2.26. The highest BCUT2D eigenvalue weighted by atomic mass is 16.5. The molecule has 6 heteroatoms. The van der Waals surface area contributed by atoms with Crippen LogP contribution in [-0.2, 0) is 17.6 Å². The average molecular weight is 324 g/mol. The summed E-state index contributed by atoms with van der Waals surface area (Å²) in [5.41, 5.74) is 3.26. The molecule has 4 rings (SSSR count). The monoisotopic (exact) mass is 324 g/mol. The van der Waals surface area contributed by atoms with Gasteiger partial charge in [-0.25, -0.2) is 9.97 Å². The number of aromatic nitrogens is 3. The minimum atomic E-state index is 0.292. The minimum Gasteiger partial charge on any atom is -0.508 e. The van der Waals surface area contributed by atoms with Crippen molar-refractivity contribution in [3.8, 4) is 5.75 Å². The molecule has 0 saturated carbocycles. The normalized spacial score (nSPS) is 15.1. The van der Waals surface area contributed by atoms with Gasteiger partial charge in [-0.1, -0.05) is 0 Å². The highest BCUT2D eigenvalue weighted by Crippen LogP contribution is 2.24. The minimum absolute atomic E-state index is 0.292. The van der Waals surface area contributed by atoms with Crippen LogP contribution >= 0.6 is 0 Å². The Morgan fingerprint density at radius 1 is 1.17 bits per heavy atom. The smallest absolute Gasteiger partial charge is 0.225 e. The number of hydrogen-bond donors (Lipinski definition) is 2. The number of phenolic OH excluding ortho intramolecular Hbond substituents is 1. The van der Waals surface area contributed by atoms with Gasteiger partial charge < -0.3 is 19.7 Å². The second-order valence-corrected chi connectivity index (χ2v) is 5.99. The van der Waals surface area contributed by atoms with E-state index in [1.807, 2.05) is 24.5 Å². The van der Waals surface area contributed by atoms with Gasteiger partial charge in [0.15, 0.2) is 0 Å². The van der Waals surface area contributed by atoms with Crippen LogP contribution in [0.25, 0.3) is 10.9 Å². The van der Waals surface area contributed by atoms with Crippen LogP contribution in [0.15, 0.2) is 36.7 Å². The molecule has 3 aromatic rings. The standard InChI is InChI=1S/C18H20N4O2/c23-15-3-4-17-16(11-15)13(12-20-17)1-2-14-5-6-19-18(21-14)22-7-9-24-10-8-22/h3-6,11-12,20,23H,1-2,7-10H2. The number of morpholine rings is 1. The lowest BCUT2D eigenvalue weighted by Crippen LogP contribution is -2.37. The first-order valence-corrected chi connectivity index (χ1v) is 8.23. The fourth-order valence-electron chi connectivity index (χ4n) is 3.08. The van der Waals surface area contributed by atoms with E-state index in [4.69, 9.17) is 9.72 Å². The van der Waals surface area contributed by atoms with Gasteiger partial charge in [-0.05, 0) is 42.7 Å². The van der Waals surface area contributed by atoms with Crippen molar-refractivity contribution in [1.29, 1.82) is 0 Å². The third-order valence-corrected chi connectivity index (χ3v) is 4.40. The topological polar surface area (TPSA) is 74.3 Å². The number of fused-ring (bicyclic) bond motifs is 1. The van der Waals surface area contributed by atoms with E-state index in [1.54, 1.807) is 12.1 Å². The van der Waals surface area contributed by atoms with E-state index in [-0.39, 0.29) is 0 Å². The van der Waals surface area contributed by atoms with E-state index in [2.05, 4.69) is 14.9 Å². The number of aromatic hydroxyl groups is 1. The largest absolute Gasteiger partial charge is 0.508 e. The Hall–Kier alpha value is -2.60. The number of hydrogen-bond acceptors (Lipinski definition) is 5. The van der Waals surface area contributed by atoms with Crippen molar-refractivity contribution in [3.05, 3.63) is 47.9 Å². The summed E-state index contributed by atoms with van der Waals surface area (Å²) in [5.74, 6) is 1.08. The van der Waals surface area contributed by atoms with E-state index in [0.717, 1.165) is 61.7 Å². The van der Waals surface area contributed by atoms with Gasteiger partial charge in [0.05, 0.1) is 13.2 Å². The molecule has 0 bridgehead atoms. The summed E-state index contributed by atoms with van der Waals surface area (Å²) >= 11 is 0. The number of aryl methyl sites for hydroxylation is 2. The lowest BCUT2D eigenvalue weighted by atomic mass is 10.1. The maximum Gasteiger partial charge on any atom is 0.225 e. The Morgan fingerprint density at radius 3 is 2.92 bits per heavy atom. The van der Waals surface area contributed by atoms with Crippen molar-refractivity contribution in [2.24, 2.45) is 0 Å². The Morgan fingerprint density at radius 2 is 2.04 bits per heavy atom. The summed E-state index contributed by atoms with van der Waals surface area (Å²) in [4.78, 5) is 14.5. The van der Waals surface area contributed by atoms with E-state index in [0.29, 0.717) is 5.75 Å². The maximum absolute atomic E-state index is 9.69. The first-order chi connectivity index (χ1) is 11.8. The summed E-state index contributed by atoms with van der Waals surface area (Å²) in [5, 5.41) is 10.8. The van der Waals surface area contributed by atoms with Crippen LogP contribution in [0.1, 0.15) is 11.3 Å². The third-order valence-electron chi connectivity index (χ3n) is 4.40. The molecule has 0 amide bonds. The van der Waals surface area contributed by atoms with Crippen molar-refractivity contribution in [2.45, 2.75) is 12.8 Å². The first kappa shape index (κ1) is 15.0. The van der Waals surface area contributed by atoms with Gasteiger partial charge in [-0.3, -0.25) is 0 Å². The van der Waals surface area contributed by atoms with Crippen LogP contribution in [0.3, 0.4) is 0 Å². The third kappa shape index (κ3) is 3.05. The SMILES string of the molecule is Oc1ccc2[nH]cc(CCc3ccnc(N4CCOCC4)n3)c2c1. The maximum atomic E-state index is 9.69. The number of ether oxygens (including phenoxy) is 1. The molecular formula is C18H20N4O2. The van der Waals surface area contributed by atoms with Gasteiger partial charge in [-0.2, -0.15) is 0 Å². The summed E-state index contributed by atoms with van der Waals surface area (Å²) in [6, 6.07) is 7.37. The Bertz CT molecular complexity index is 840. The van der Waals surface area contributed by atoms with Crippen LogP contribution < -0.4 is 4.90 Å². The molecule has 1 aliphatic rings. The van der Waals surface area contributed by atoms with Crippen molar-refractivity contribution < 1.29 is 9.84 Å². The van der Waals surface area contributed by atoms with Gasteiger partial charge in [-0.15, -0.1) is 0 Å². The summed E-state index contributed by atoms with van der Waals surface area (Å²) in [7, 11) is 0. The predicted molar refractivity (Wildman–Crippen MR) is 92.4 cm³/mol. The van der Waals surface area contributed by atoms with Crippen molar-refractivity contribution in [1.82, 2.24) is 15.0 Å². The molecular weight excluding hydrogens is 304 g/mol. The molecule has 0 spiro atoms. The molecule has 1 aliphatic heterocycles. The fraction of sp³-hybridized carbons (Fsp3) is 0.333. The van der Waals surface area contributed by atoms with Gasteiger partial charge in [0.1, 0.15) is 5.75 Å². The van der Waals surface area contributed by atoms with Crippen molar-refractivity contribution in [2.75, 3.05) is 31.2 Å². The molecule has 1 aromatic carbocycles. The van der Waals surface area contributed by atoms with Crippen LogP contribution in [0.2, 0.25) is 0 Å². The number of H-pyrrole nitrogens is 1. The molecule has 0 unspecified atom stereocenters. The highest BCUT2D eigenvalue weighted by molar-refractivity contribution is 5.84. The Kier molecular flexibility index (Phi) is 4.04. The fourth-order valence-corrected chi connectivity index (χ4v) is 3.08. The van der Waals surface area contributed by atoms with Crippen molar-refractivity contribution >= 4 is 16.9 Å². The van der Waals surface area contributed by atoms with Crippen molar-refractivity contribution in [3.63, 3.8) is 0 Å². The number of nitrogens with one attached hydrogen (secondary N) is 1. The second kappa shape index (κ2) is 6.49. The molecule has 0 radical (unpaired) electrons. The molecule has 6 nitrogen and oxygen atoms in total. The van der Waals surface area contributed by atoms with Crippen LogP contribution in [0.5, 0.6) is 5.75 Å². The number of phenols is 1. The summed E-state index contributed by atoms with van der Waals surface area (Å²) in [6.45, 7) is 3.13. The van der Waals surface area contributed by atoms with Gasteiger partial charge in [0.25, 0.3) is 0 Å². The Balaban J connectivity index is 1.49. The van der Waals surface area contributed by atoms with Crippen LogP contribution in [0, 0.1) is 0 Å². The molecule has 124 valence electrons. The zero-order valence-electron chi connectivity index (χ0n) is 13.4. The second-order valence-electron chi connectivity index (χ2n) is 5.99. The van der Waals surface area contributed by atoms with Crippen LogP contribution in [0.4, 0.5) is 5.95 Å². The molecule has 1 fully saturated rings. The zero-order valence-corrected chi connectivity index (χ0v) is 13.4. The zero-order chi connectivity index (χ0) is 16.4. The predicted octanol–water partition coefficient (Wildman–Crippen LogP) is 2.29. The molecule has 24 heavy (non-hydrogen) atoms. The average Bonchev–Trinajstić information content (AvgIpc) is 3.03. The molecule has 2 N–H and O–H groups in total.